The molecule has 20 heavy (non-hydrogen) atoms. The third kappa shape index (κ3) is 3.36. The van der Waals surface area contributed by atoms with E-state index >= 15 is 0 Å². The molecule has 0 spiro atoms. The molecule has 108 valence electrons. The van der Waals surface area contributed by atoms with Crippen molar-refractivity contribution >= 4 is 17.6 Å². The van der Waals surface area contributed by atoms with Gasteiger partial charge in [0, 0.05) is 5.69 Å². The SMILES string of the molecule is CC(C)(C)OC(=O)c1cccc(N2CC(O)CC2=O)c1. The largest absolute Gasteiger partial charge is 0.456 e. The van der Waals surface area contributed by atoms with E-state index in [9.17, 15) is 14.7 Å². The van der Waals surface area contributed by atoms with E-state index in [0.29, 0.717) is 11.3 Å². The zero-order chi connectivity index (χ0) is 14.9. The fourth-order valence-electron chi connectivity index (χ4n) is 2.08. The molecule has 0 radical (unpaired) electrons. The van der Waals surface area contributed by atoms with Crippen LogP contribution >= 0.6 is 0 Å². The first-order chi connectivity index (χ1) is 9.26. The fraction of sp³-hybridized carbons (Fsp3) is 0.467. The van der Waals surface area contributed by atoms with Gasteiger partial charge in [0.15, 0.2) is 0 Å². The molecule has 2 rings (SSSR count). The van der Waals surface area contributed by atoms with Gasteiger partial charge in [-0.3, -0.25) is 4.79 Å². The number of β-amino-alcohol motifs (C(OH)–C–C–N with tert-alkyl or cyclic N) is 1. The van der Waals surface area contributed by atoms with Crippen LogP contribution in [0.4, 0.5) is 5.69 Å². The van der Waals surface area contributed by atoms with Crippen molar-refractivity contribution < 1.29 is 19.4 Å². The Balaban J connectivity index is 2.20. The smallest absolute Gasteiger partial charge is 0.338 e. The highest BCUT2D eigenvalue weighted by molar-refractivity contribution is 5.98. The highest BCUT2D eigenvalue weighted by Crippen LogP contribution is 2.23. The van der Waals surface area contributed by atoms with Crippen LogP contribution in [0.5, 0.6) is 0 Å². The minimum absolute atomic E-state index is 0.122. The number of amides is 1. The number of aliphatic hydroxyl groups is 1. The van der Waals surface area contributed by atoms with Crippen LogP contribution in [-0.4, -0.2) is 35.2 Å². The predicted molar refractivity (Wildman–Crippen MR) is 74.6 cm³/mol. The van der Waals surface area contributed by atoms with Crippen LogP contribution in [-0.2, 0) is 9.53 Å². The molecular formula is C15H19NO4. The summed E-state index contributed by atoms with van der Waals surface area (Å²) < 4.78 is 5.30. The molecule has 0 bridgehead atoms. The van der Waals surface area contributed by atoms with Crippen LogP contribution in [0.15, 0.2) is 24.3 Å². The van der Waals surface area contributed by atoms with Crippen molar-refractivity contribution in [2.75, 3.05) is 11.4 Å². The molecule has 1 aromatic carbocycles. The number of anilines is 1. The van der Waals surface area contributed by atoms with Gasteiger partial charge >= 0.3 is 5.97 Å². The molecule has 1 atom stereocenters. The second kappa shape index (κ2) is 5.25. The highest BCUT2D eigenvalue weighted by atomic mass is 16.6. The van der Waals surface area contributed by atoms with Gasteiger partial charge in [0.2, 0.25) is 5.91 Å². The molecule has 1 aliphatic rings. The van der Waals surface area contributed by atoms with E-state index in [1.54, 1.807) is 45.0 Å². The number of carbonyl (C=O) groups excluding carboxylic acids is 2. The lowest BCUT2D eigenvalue weighted by Gasteiger charge is -2.20. The van der Waals surface area contributed by atoms with Gasteiger partial charge in [-0.15, -0.1) is 0 Å². The Morgan fingerprint density at radius 3 is 2.65 bits per heavy atom. The molecule has 1 amide bonds. The second-order valence-corrected chi connectivity index (χ2v) is 5.91. The van der Waals surface area contributed by atoms with Gasteiger partial charge in [0.1, 0.15) is 5.60 Å². The quantitative estimate of drug-likeness (QED) is 0.836. The number of carbonyl (C=O) groups is 2. The molecule has 0 saturated carbocycles. The Bertz CT molecular complexity index is 533. The van der Waals surface area contributed by atoms with Crippen molar-refractivity contribution in [1.29, 1.82) is 0 Å². The third-order valence-corrected chi connectivity index (χ3v) is 2.90. The first-order valence-electron chi connectivity index (χ1n) is 6.58. The molecule has 5 heteroatoms. The van der Waals surface area contributed by atoms with E-state index in [1.807, 2.05) is 0 Å². The standard InChI is InChI=1S/C15H19NO4/c1-15(2,3)20-14(19)10-5-4-6-11(7-10)16-9-12(17)8-13(16)18/h4-7,12,17H,8-9H2,1-3H3. The number of ether oxygens (including phenoxy) is 1. The van der Waals surface area contributed by atoms with Gasteiger partial charge in [0.25, 0.3) is 0 Å². The molecule has 5 nitrogen and oxygen atoms in total. The number of benzene rings is 1. The molecule has 0 aromatic heterocycles. The van der Waals surface area contributed by atoms with Gasteiger partial charge in [-0.1, -0.05) is 6.07 Å². The Hall–Kier alpha value is -1.88. The van der Waals surface area contributed by atoms with E-state index in [0.717, 1.165) is 0 Å². The normalized spacial score (nSPS) is 19.3. The average molecular weight is 277 g/mol. The Morgan fingerprint density at radius 2 is 2.10 bits per heavy atom. The summed E-state index contributed by atoms with van der Waals surface area (Å²) >= 11 is 0. The minimum Gasteiger partial charge on any atom is -0.456 e. The molecule has 1 heterocycles. The molecular weight excluding hydrogens is 258 g/mol. The van der Waals surface area contributed by atoms with Gasteiger partial charge in [-0.25, -0.2) is 4.79 Å². The van der Waals surface area contributed by atoms with Crippen LogP contribution in [0, 0.1) is 0 Å². The lowest BCUT2D eigenvalue weighted by Crippen LogP contribution is -2.26. The van der Waals surface area contributed by atoms with Crippen molar-refractivity contribution in [2.45, 2.75) is 38.9 Å². The second-order valence-electron chi connectivity index (χ2n) is 5.91. The van der Waals surface area contributed by atoms with Crippen molar-refractivity contribution in [3.05, 3.63) is 29.8 Å². The Kier molecular flexibility index (Phi) is 3.81. The lowest BCUT2D eigenvalue weighted by atomic mass is 10.1. The third-order valence-electron chi connectivity index (χ3n) is 2.90. The number of rotatable bonds is 2. The fourth-order valence-corrected chi connectivity index (χ4v) is 2.08. The van der Waals surface area contributed by atoms with Gasteiger partial charge in [-0.2, -0.15) is 0 Å². The van der Waals surface area contributed by atoms with Crippen LogP contribution in [0.25, 0.3) is 0 Å². The van der Waals surface area contributed by atoms with Gasteiger partial charge < -0.3 is 14.7 Å². The van der Waals surface area contributed by atoms with Crippen molar-refractivity contribution in [3.63, 3.8) is 0 Å². The van der Waals surface area contributed by atoms with Crippen molar-refractivity contribution in [3.8, 4) is 0 Å². The molecule has 1 aliphatic heterocycles. The number of hydrogen-bond donors (Lipinski definition) is 1. The molecule has 1 unspecified atom stereocenters. The maximum Gasteiger partial charge on any atom is 0.338 e. The van der Waals surface area contributed by atoms with Crippen molar-refractivity contribution in [1.82, 2.24) is 0 Å². The van der Waals surface area contributed by atoms with E-state index in [1.165, 1.54) is 4.90 Å². The molecule has 1 aromatic rings. The Morgan fingerprint density at radius 1 is 1.40 bits per heavy atom. The van der Waals surface area contributed by atoms with Gasteiger partial charge in [0.05, 0.1) is 24.6 Å². The lowest BCUT2D eigenvalue weighted by molar-refractivity contribution is -0.117. The van der Waals surface area contributed by atoms with Crippen LogP contribution in [0.1, 0.15) is 37.6 Å². The van der Waals surface area contributed by atoms with Crippen molar-refractivity contribution in [2.24, 2.45) is 0 Å². The molecule has 0 aliphatic carbocycles. The summed E-state index contributed by atoms with van der Waals surface area (Å²) in [6.07, 6.45) is -0.524. The summed E-state index contributed by atoms with van der Waals surface area (Å²) in [7, 11) is 0. The summed E-state index contributed by atoms with van der Waals surface area (Å²) in [5.41, 5.74) is 0.439. The van der Waals surface area contributed by atoms with E-state index in [2.05, 4.69) is 0 Å². The number of hydrogen-bond acceptors (Lipinski definition) is 4. The monoisotopic (exact) mass is 277 g/mol. The first-order valence-corrected chi connectivity index (χ1v) is 6.58. The van der Waals surface area contributed by atoms with Crippen LogP contribution in [0.3, 0.4) is 0 Å². The number of nitrogens with zero attached hydrogens (tertiary/aromatic N) is 1. The summed E-state index contributed by atoms with van der Waals surface area (Å²) in [6.45, 7) is 5.66. The minimum atomic E-state index is -0.646. The molecule has 1 fully saturated rings. The summed E-state index contributed by atoms with van der Waals surface area (Å²) in [5.74, 6) is -0.564. The Labute approximate surface area is 118 Å². The van der Waals surface area contributed by atoms with Crippen LogP contribution < -0.4 is 4.90 Å². The maximum atomic E-state index is 12.0. The van der Waals surface area contributed by atoms with E-state index in [-0.39, 0.29) is 18.9 Å². The summed E-state index contributed by atoms with van der Waals surface area (Å²) in [5, 5.41) is 9.51. The number of esters is 1. The maximum absolute atomic E-state index is 12.0. The van der Waals surface area contributed by atoms with Gasteiger partial charge in [-0.05, 0) is 39.0 Å². The topological polar surface area (TPSA) is 66.8 Å². The summed E-state index contributed by atoms with van der Waals surface area (Å²) in [6, 6.07) is 6.70. The molecule has 1 saturated heterocycles. The van der Waals surface area contributed by atoms with E-state index in [4.69, 9.17) is 4.74 Å². The zero-order valence-electron chi connectivity index (χ0n) is 11.9. The van der Waals surface area contributed by atoms with Crippen LogP contribution in [0.2, 0.25) is 0 Å². The zero-order valence-corrected chi connectivity index (χ0v) is 11.9. The molecule has 1 N–H and O–H groups in total. The number of aliphatic hydroxyl groups excluding tert-OH is 1. The van der Waals surface area contributed by atoms with E-state index < -0.39 is 17.7 Å². The summed E-state index contributed by atoms with van der Waals surface area (Å²) in [4.78, 5) is 25.2. The average Bonchev–Trinajstić information content (AvgIpc) is 2.66. The highest BCUT2D eigenvalue weighted by Gasteiger charge is 2.29. The first kappa shape index (κ1) is 14.5. The predicted octanol–water partition coefficient (Wildman–Crippen LogP) is 1.74.